The molecule has 0 aromatic heterocycles. The molecule has 0 saturated carbocycles. The van der Waals surface area contributed by atoms with E-state index in [0.29, 0.717) is 6.54 Å². The van der Waals surface area contributed by atoms with E-state index >= 15 is 0 Å². The Morgan fingerprint density at radius 2 is 1.77 bits per heavy atom. The second-order valence-electron chi connectivity index (χ2n) is 7.54. The van der Waals surface area contributed by atoms with Gasteiger partial charge in [0, 0.05) is 31.7 Å². The summed E-state index contributed by atoms with van der Waals surface area (Å²) in [6, 6.07) is 9.59. The van der Waals surface area contributed by atoms with Crippen molar-refractivity contribution in [2.75, 3.05) is 19.8 Å². The van der Waals surface area contributed by atoms with Crippen LogP contribution in [0.25, 0.3) is 0 Å². The lowest BCUT2D eigenvalue weighted by molar-refractivity contribution is -0.102. The third kappa shape index (κ3) is 4.01. The third-order valence-corrected chi connectivity index (χ3v) is 5.78. The Morgan fingerprint density at radius 1 is 1.04 bits per heavy atom. The molecular weight excluding hydrogens is 334 g/mol. The van der Waals surface area contributed by atoms with Crippen LogP contribution >= 0.6 is 0 Å². The number of aliphatic hydroxyl groups excluding tert-OH is 5. The molecule has 7 atom stereocenters. The van der Waals surface area contributed by atoms with Crippen LogP contribution in [0.5, 0.6) is 0 Å². The molecule has 1 heterocycles. The molecule has 1 fully saturated rings. The van der Waals surface area contributed by atoms with Gasteiger partial charge in [0.25, 0.3) is 0 Å². The van der Waals surface area contributed by atoms with Crippen molar-refractivity contribution >= 4 is 0 Å². The van der Waals surface area contributed by atoms with E-state index in [0.717, 1.165) is 18.5 Å². The van der Waals surface area contributed by atoms with Gasteiger partial charge in [-0.1, -0.05) is 42.5 Å². The van der Waals surface area contributed by atoms with Crippen LogP contribution in [0.1, 0.15) is 12.0 Å². The number of benzene rings is 1. The first-order valence-corrected chi connectivity index (χ1v) is 9.27. The molecular formula is C20H29NO5. The fraction of sp³-hybridized carbons (Fsp3) is 0.600. The quantitative estimate of drug-likeness (QED) is 0.428. The van der Waals surface area contributed by atoms with Gasteiger partial charge in [0.15, 0.2) is 0 Å². The van der Waals surface area contributed by atoms with E-state index in [1.807, 2.05) is 42.5 Å². The minimum Gasteiger partial charge on any atom is -0.396 e. The third-order valence-electron chi connectivity index (χ3n) is 5.78. The van der Waals surface area contributed by atoms with Crippen molar-refractivity contribution in [2.45, 2.75) is 37.3 Å². The number of hydrogen-bond donors (Lipinski definition) is 5. The predicted molar refractivity (Wildman–Crippen MR) is 97.1 cm³/mol. The van der Waals surface area contributed by atoms with Gasteiger partial charge in [-0.3, -0.25) is 4.90 Å². The molecule has 0 radical (unpaired) electrons. The summed E-state index contributed by atoms with van der Waals surface area (Å²) in [5.74, 6) is 0.440. The Balaban J connectivity index is 1.83. The smallest absolute Gasteiger partial charge is 0.110 e. The van der Waals surface area contributed by atoms with Crippen LogP contribution in [-0.2, 0) is 6.54 Å². The van der Waals surface area contributed by atoms with E-state index < -0.39 is 24.9 Å². The molecule has 144 valence electrons. The van der Waals surface area contributed by atoms with Crippen molar-refractivity contribution < 1.29 is 25.5 Å². The van der Waals surface area contributed by atoms with Crippen LogP contribution < -0.4 is 0 Å². The van der Waals surface area contributed by atoms with Gasteiger partial charge in [0.2, 0.25) is 0 Å². The van der Waals surface area contributed by atoms with Crippen molar-refractivity contribution in [3.05, 3.63) is 48.0 Å². The van der Waals surface area contributed by atoms with Crippen LogP contribution in [0.3, 0.4) is 0 Å². The molecule has 1 aliphatic heterocycles. The molecule has 6 heteroatoms. The highest BCUT2D eigenvalue weighted by Crippen LogP contribution is 2.41. The number of nitrogens with zero attached hydrogens (tertiary/aromatic N) is 1. The molecule has 0 amide bonds. The van der Waals surface area contributed by atoms with E-state index in [4.69, 9.17) is 5.11 Å². The second-order valence-corrected chi connectivity index (χ2v) is 7.54. The van der Waals surface area contributed by atoms with Crippen LogP contribution in [0.2, 0.25) is 0 Å². The largest absolute Gasteiger partial charge is 0.396 e. The van der Waals surface area contributed by atoms with Gasteiger partial charge in [-0.15, -0.1) is 0 Å². The zero-order chi connectivity index (χ0) is 18.7. The van der Waals surface area contributed by atoms with E-state index in [1.54, 1.807) is 0 Å². The molecule has 26 heavy (non-hydrogen) atoms. The molecule has 0 bridgehead atoms. The van der Waals surface area contributed by atoms with Crippen molar-refractivity contribution in [2.24, 2.45) is 17.8 Å². The van der Waals surface area contributed by atoms with Crippen molar-refractivity contribution in [1.29, 1.82) is 0 Å². The molecule has 0 unspecified atom stereocenters. The van der Waals surface area contributed by atoms with Gasteiger partial charge in [0.05, 0.1) is 12.7 Å². The zero-order valence-corrected chi connectivity index (χ0v) is 14.8. The van der Waals surface area contributed by atoms with Gasteiger partial charge in [0.1, 0.15) is 12.2 Å². The summed E-state index contributed by atoms with van der Waals surface area (Å²) < 4.78 is 0. The van der Waals surface area contributed by atoms with E-state index in [-0.39, 0.29) is 30.4 Å². The first kappa shape index (κ1) is 19.5. The molecule has 5 N–H and O–H groups in total. The summed E-state index contributed by atoms with van der Waals surface area (Å²) in [5, 5.41) is 49.4. The van der Waals surface area contributed by atoms with Gasteiger partial charge in [-0.25, -0.2) is 0 Å². The summed E-state index contributed by atoms with van der Waals surface area (Å²) in [7, 11) is 0. The monoisotopic (exact) mass is 363 g/mol. The first-order chi connectivity index (χ1) is 12.5. The van der Waals surface area contributed by atoms with E-state index in [1.165, 1.54) is 0 Å². The first-order valence-electron chi connectivity index (χ1n) is 9.27. The molecule has 1 aromatic rings. The van der Waals surface area contributed by atoms with Gasteiger partial charge in [-0.2, -0.15) is 0 Å². The SMILES string of the molecule is OC[C@@H]1C=C[C@H]2[C@@H](C1)CN(Cc1ccccc1)[C@@H]2[C@H](O)[C@H](O)[C@H](O)CO. The minimum atomic E-state index is -1.41. The van der Waals surface area contributed by atoms with Crippen LogP contribution in [-0.4, -0.2) is 74.5 Å². The van der Waals surface area contributed by atoms with Crippen molar-refractivity contribution in [1.82, 2.24) is 4.90 Å². The highest BCUT2D eigenvalue weighted by atomic mass is 16.4. The lowest BCUT2D eigenvalue weighted by atomic mass is 9.77. The predicted octanol–water partition coefficient (Wildman–Crippen LogP) is -0.253. The number of aliphatic hydroxyl groups is 5. The lowest BCUT2D eigenvalue weighted by Gasteiger charge is -2.36. The molecule has 2 aliphatic rings. The summed E-state index contributed by atoms with van der Waals surface area (Å²) in [5.41, 5.74) is 1.11. The van der Waals surface area contributed by atoms with E-state index in [9.17, 15) is 20.4 Å². The summed E-state index contributed by atoms with van der Waals surface area (Å²) in [4.78, 5) is 2.15. The second kappa shape index (κ2) is 8.61. The molecule has 0 spiro atoms. The zero-order valence-electron chi connectivity index (χ0n) is 14.8. The average Bonchev–Trinajstić information content (AvgIpc) is 3.03. The van der Waals surface area contributed by atoms with Gasteiger partial charge >= 0.3 is 0 Å². The van der Waals surface area contributed by atoms with Gasteiger partial charge < -0.3 is 25.5 Å². The highest BCUT2D eigenvalue weighted by Gasteiger charge is 2.48. The maximum atomic E-state index is 10.8. The van der Waals surface area contributed by atoms with Crippen LogP contribution in [0.4, 0.5) is 0 Å². The van der Waals surface area contributed by atoms with Crippen molar-refractivity contribution in [3.63, 3.8) is 0 Å². The Labute approximate surface area is 154 Å². The maximum absolute atomic E-state index is 10.8. The minimum absolute atomic E-state index is 0.0389. The Hall–Kier alpha value is -1.28. The number of fused-ring (bicyclic) bond motifs is 1. The van der Waals surface area contributed by atoms with Gasteiger partial charge in [-0.05, 0) is 23.8 Å². The number of rotatable bonds is 7. The van der Waals surface area contributed by atoms with Crippen molar-refractivity contribution in [3.8, 4) is 0 Å². The standard InChI is InChI=1S/C20H29NO5/c22-11-14-6-7-16-15(8-14)10-21(9-13-4-2-1-3-5-13)18(16)20(26)19(25)17(24)12-23/h1-7,14-20,22-26H,8-12H2/t14-,15+,16+,17-,18+,19-,20+/m1/s1. The Morgan fingerprint density at radius 3 is 2.42 bits per heavy atom. The fourth-order valence-electron chi connectivity index (χ4n) is 4.43. The molecule has 1 aromatic carbocycles. The Bertz CT molecular complexity index is 595. The average molecular weight is 363 g/mol. The number of likely N-dealkylation sites (tertiary alicyclic amines) is 1. The molecule has 1 saturated heterocycles. The van der Waals surface area contributed by atoms with E-state index in [2.05, 4.69) is 4.90 Å². The summed E-state index contributed by atoms with van der Waals surface area (Å²) >= 11 is 0. The molecule has 3 rings (SSSR count). The highest BCUT2D eigenvalue weighted by molar-refractivity contribution is 5.17. The summed E-state index contributed by atoms with van der Waals surface area (Å²) in [6.45, 7) is 0.900. The molecule has 1 aliphatic carbocycles. The maximum Gasteiger partial charge on any atom is 0.110 e. The summed E-state index contributed by atoms with van der Waals surface area (Å²) in [6.07, 6.45) is 0.899. The normalized spacial score (nSPS) is 32.2. The van der Waals surface area contributed by atoms with Crippen LogP contribution in [0.15, 0.2) is 42.5 Å². The lowest BCUT2D eigenvalue weighted by Crippen LogP contribution is -2.52. The Kier molecular flexibility index (Phi) is 6.45. The molecule has 6 nitrogen and oxygen atoms in total. The fourth-order valence-corrected chi connectivity index (χ4v) is 4.43. The number of hydrogen-bond acceptors (Lipinski definition) is 6. The topological polar surface area (TPSA) is 104 Å². The van der Waals surface area contributed by atoms with Crippen LogP contribution in [0, 0.1) is 17.8 Å².